The smallest absolute Gasteiger partial charge is 0.272 e. The normalized spacial score (nSPS) is 10.2. The van der Waals surface area contributed by atoms with Crippen LogP contribution < -0.4 is 15.2 Å². The summed E-state index contributed by atoms with van der Waals surface area (Å²) in [4.78, 5) is 0.207. The van der Waals surface area contributed by atoms with Gasteiger partial charge in [0.15, 0.2) is 11.5 Å². The Kier molecular flexibility index (Phi) is 4.42. The van der Waals surface area contributed by atoms with Gasteiger partial charge in [0.1, 0.15) is 11.6 Å². The van der Waals surface area contributed by atoms with E-state index in [1.165, 1.54) is 13.2 Å². The lowest BCUT2D eigenvalue weighted by Crippen LogP contribution is -2.11. The van der Waals surface area contributed by atoms with E-state index in [1.807, 2.05) is 0 Å². The lowest BCUT2D eigenvalue weighted by Gasteiger charge is -2.11. The van der Waals surface area contributed by atoms with Crippen LogP contribution >= 0.6 is 12.2 Å². The second-order valence-corrected chi connectivity index (χ2v) is 3.37. The van der Waals surface area contributed by atoms with Crippen LogP contribution in [0.5, 0.6) is 11.5 Å². The van der Waals surface area contributed by atoms with E-state index in [-0.39, 0.29) is 10.7 Å². The first kappa shape index (κ1) is 12.6. The van der Waals surface area contributed by atoms with Crippen molar-refractivity contribution in [1.82, 2.24) is 0 Å². The third-order valence-electron chi connectivity index (χ3n) is 1.81. The van der Waals surface area contributed by atoms with E-state index in [9.17, 15) is 8.78 Å². The molecule has 3 nitrogen and oxygen atoms in total. The molecule has 0 aromatic heterocycles. The zero-order valence-electron chi connectivity index (χ0n) is 8.57. The summed E-state index contributed by atoms with van der Waals surface area (Å²) in [7, 11) is 1.41. The first-order valence-corrected chi connectivity index (χ1v) is 4.84. The Bertz CT molecular complexity index is 385. The van der Waals surface area contributed by atoms with Crippen molar-refractivity contribution in [1.29, 1.82) is 0 Å². The van der Waals surface area contributed by atoms with Gasteiger partial charge in [-0.05, 0) is 18.2 Å². The molecule has 88 valence electrons. The minimum Gasteiger partial charge on any atom is -0.493 e. The number of methoxy groups -OCH3 is 1. The van der Waals surface area contributed by atoms with Crippen LogP contribution in [0.2, 0.25) is 0 Å². The first-order chi connectivity index (χ1) is 7.54. The molecular weight excluding hydrogens is 236 g/mol. The number of nitrogens with two attached hydrogens (primary N) is 1. The van der Waals surface area contributed by atoms with Gasteiger partial charge in [0.2, 0.25) is 0 Å². The largest absolute Gasteiger partial charge is 0.493 e. The van der Waals surface area contributed by atoms with Gasteiger partial charge in [0.05, 0.1) is 7.11 Å². The van der Waals surface area contributed by atoms with Gasteiger partial charge >= 0.3 is 0 Å². The van der Waals surface area contributed by atoms with Gasteiger partial charge in [0.25, 0.3) is 6.43 Å². The average molecular weight is 247 g/mol. The second-order valence-electron chi connectivity index (χ2n) is 2.93. The van der Waals surface area contributed by atoms with E-state index in [0.717, 1.165) is 0 Å². The van der Waals surface area contributed by atoms with Crippen molar-refractivity contribution in [3.8, 4) is 11.5 Å². The molecule has 0 aliphatic heterocycles. The van der Waals surface area contributed by atoms with Crippen LogP contribution in [-0.4, -0.2) is 25.1 Å². The summed E-state index contributed by atoms with van der Waals surface area (Å²) in [6.07, 6.45) is -2.53. The highest BCUT2D eigenvalue weighted by molar-refractivity contribution is 7.80. The number of benzene rings is 1. The zero-order chi connectivity index (χ0) is 12.1. The van der Waals surface area contributed by atoms with Crippen LogP contribution in [0.3, 0.4) is 0 Å². The van der Waals surface area contributed by atoms with E-state index in [1.54, 1.807) is 12.1 Å². The van der Waals surface area contributed by atoms with E-state index < -0.39 is 13.0 Å². The number of hydrogen-bond donors (Lipinski definition) is 1. The molecule has 0 fully saturated rings. The van der Waals surface area contributed by atoms with Gasteiger partial charge < -0.3 is 15.2 Å². The number of rotatable bonds is 5. The molecule has 1 aromatic carbocycles. The average Bonchev–Trinajstić information content (AvgIpc) is 2.25. The third kappa shape index (κ3) is 3.30. The highest BCUT2D eigenvalue weighted by Crippen LogP contribution is 2.28. The molecule has 1 rings (SSSR count). The molecule has 2 N–H and O–H groups in total. The Hall–Kier alpha value is -1.43. The van der Waals surface area contributed by atoms with Crippen LogP contribution in [0.4, 0.5) is 8.78 Å². The molecule has 6 heteroatoms. The molecule has 16 heavy (non-hydrogen) atoms. The lowest BCUT2D eigenvalue weighted by molar-refractivity contribution is 0.0804. The van der Waals surface area contributed by atoms with E-state index in [0.29, 0.717) is 11.3 Å². The molecule has 0 amide bonds. The summed E-state index contributed by atoms with van der Waals surface area (Å²) >= 11 is 4.78. The third-order valence-corrected chi connectivity index (χ3v) is 2.05. The van der Waals surface area contributed by atoms with Crippen molar-refractivity contribution in [3.63, 3.8) is 0 Å². The van der Waals surface area contributed by atoms with E-state index in [4.69, 9.17) is 27.4 Å². The molecule has 0 aliphatic carbocycles. The highest BCUT2D eigenvalue weighted by Gasteiger charge is 2.09. The lowest BCUT2D eigenvalue weighted by atomic mass is 10.2. The van der Waals surface area contributed by atoms with Gasteiger partial charge in [-0.1, -0.05) is 12.2 Å². The van der Waals surface area contributed by atoms with Crippen molar-refractivity contribution < 1.29 is 18.3 Å². The van der Waals surface area contributed by atoms with Crippen molar-refractivity contribution in [2.45, 2.75) is 6.43 Å². The van der Waals surface area contributed by atoms with Crippen molar-refractivity contribution >= 4 is 17.2 Å². The maximum absolute atomic E-state index is 12.0. The SMILES string of the molecule is COc1cc(C(N)=S)ccc1OCC(F)F. The second kappa shape index (κ2) is 5.60. The molecule has 0 unspecified atom stereocenters. The molecule has 0 aliphatic rings. The van der Waals surface area contributed by atoms with Gasteiger partial charge in [-0.2, -0.15) is 0 Å². The highest BCUT2D eigenvalue weighted by atomic mass is 32.1. The molecule has 0 saturated heterocycles. The van der Waals surface area contributed by atoms with E-state index in [2.05, 4.69) is 0 Å². The van der Waals surface area contributed by atoms with Crippen LogP contribution in [0.15, 0.2) is 18.2 Å². The van der Waals surface area contributed by atoms with E-state index >= 15 is 0 Å². The Morgan fingerprint density at radius 1 is 1.44 bits per heavy atom. The first-order valence-electron chi connectivity index (χ1n) is 4.43. The number of alkyl halides is 2. The fraction of sp³-hybridized carbons (Fsp3) is 0.300. The quantitative estimate of drug-likeness (QED) is 0.808. The minimum atomic E-state index is -2.53. The Morgan fingerprint density at radius 3 is 2.62 bits per heavy atom. The van der Waals surface area contributed by atoms with Crippen LogP contribution in [0.25, 0.3) is 0 Å². The Balaban J connectivity index is 2.89. The van der Waals surface area contributed by atoms with Crippen molar-refractivity contribution in [2.75, 3.05) is 13.7 Å². The monoisotopic (exact) mass is 247 g/mol. The Labute approximate surface area is 97.1 Å². The minimum absolute atomic E-state index is 0.207. The number of hydrogen-bond acceptors (Lipinski definition) is 3. The molecule has 1 aromatic rings. The number of ether oxygens (including phenoxy) is 2. The maximum Gasteiger partial charge on any atom is 0.272 e. The fourth-order valence-corrected chi connectivity index (χ4v) is 1.22. The molecule has 0 saturated carbocycles. The van der Waals surface area contributed by atoms with Crippen molar-refractivity contribution in [3.05, 3.63) is 23.8 Å². The summed E-state index contributed by atoms with van der Waals surface area (Å²) in [5.74, 6) is 0.564. The van der Waals surface area contributed by atoms with Crippen LogP contribution in [0, 0.1) is 0 Å². The summed E-state index contributed by atoms with van der Waals surface area (Å²) in [5.41, 5.74) is 6.02. The predicted octanol–water partition coefficient (Wildman–Crippen LogP) is 1.97. The van der Waals surface area contributed by atoms with Crippen LogP contribution in [0.1, 0.15) is 5.56 Å². The van der Waals surface area contributed by atoms with Gasteiger partial charge in [0, 0.05) is 5.56 Å². The summed E-state index contributed by atoms with van der Waals surface area (Å²) in [6.45, 7) is -0.678. The van der Waals surface area contributed by atoms with Crippen LogP contribution in [-0.2, 0) is 0 Å². The molecule has 0 radical (unpaired) electrons. The van der Waals surface area contributed by atoms with Gasteiger partial charge in [-0.25, -0.2) is 8.78 Å². The number of thiocarbonyl (C=S) groups is 1. The molecule has 0 atom stereocenters. The van der Waals surface area contributed by atoms with Gasteiger partial charge in [-0.3, -0.25) is 0 Å². The standard InChI is InChI=1S/C10H11F2NO2S/c1-14-8-4-6(10(13)16)2-3-7(8)15-5-9(11)12/h2-4,9H,5H2,1H3,(H2,13,16). The van der Waals surface area contributed by atoms with Gasteiger partial charge in [-0.15, -0.1) is 0 Å². The molecule has 0 heterocycles. The summed E-state index contributed by atoms with van der Waals surface area (Å²) in [6, 6.07) is 4.63. The predicted molar refractivity (Wildman–Crippen MR) is 60.4 cm³/mol. The zero-order valence-corrected chi connectivity index (χ0v) is 9.39. The van der Waals surface area contributed by atoms with Crippen molar-refractivity contribution in [2.24, 2.45) is 5.73 Å². The fourth-order valence-electron chi connectivity index (χ4n) is 1.09. The molecule has 0 spiro atoms. The summed E-state index contributed by atoms with van der Waals surface area (Å²) in [5, 5.41) is 0. The molecule has 0 bridgehead atoms. The maximum atomic E-state index is 12.0. The number of halogens is 2. The topological polar surface area (TPSA) is 44.5 Å². The summed E-state index contributed by atoms with van der Waals surface area (Å²) < 4.78 is 33.8. The molecular formula is C10H11F2NO2S. The Morgan fingerprint density at radius 2 is 2.12 bits per heavy atom.